The molecule has 4 nitrogen and oxygen atoms in total. The number of ether oxygens (including phenoxy) is 1. The van der Waals surface area contributed by atoms with Gasteiger partial charge in [0.1, 0.15) is 0 Å². The van der Waals surface area contributed by atoms with Gasteiger partial charge >= 0.3 is 0 Å². The maximum Gasteiger partial charge on any atom is 0.0765 e. The summed E-state index contributed by atoms with van der Waals surface area (Å²) in [5.74, 6) is 0.109. The van der Waals surface area contributed by atoms with Crippen molar-refractivity contribution in [2.75, 3.05) is 20.3 Å². The highest BCUT2D eigenvalue weighted by molar-refractivity contribution is 4.97. The molecule has 1 fully saturated rings. The van der Waals surface area contributed by atoms with Crippen LogP contribution in [0.15, 0.2) is 0 Å². The zero-order valence-electron chi connectivity index (χ0n) is 10.2. The van der Waals surface area contributed by atoms with Gasteiger partial charge in [-0.15, -0.1) is 0 Å². The van der Waals surface area contributed by atoms with Crippen LogP contribution in [-0.2, 0) is 4.74 Å². The van der Waals surface area contributed by atoms with Crippen molar-refractivity contribution in [3.63, 3.8) is 0 Å². The summed E-state index contributed by atoms with van der Waals surface area (Å²) in [7, 11) is 1.63. The first-order chi connectivity index (χ1) is 7.59. The molecule has 0 radical (unpaired) electrons. The van der Waals surface area contributed by atoms with Gasteiger partial charge in [-0.1, -0.05) is 6.42 Å². The van der Waals surface area contributed by atoms with E-state index in [9.17, 15) is 5.11 Å². The molecular formula is C12H22N2O2. The Morgan fingerprint density at radius 1 is 1.56 bits per heavy atom. The molecule has 1 rings (SSSR count). The molecule has 0 aromatic rings. The topological polar surface area (TPSA) is 65.3 Å². The Morgan fingerprint density at radius 3 is 2.94 bits per heavy atom. The summed E-state index contributed by atoms with van der Waals surface area (Å²) in [6.45, 7) is 2.88. The zero-order chi connectivity index (χ0) is 12.0. The van der Waals surface area contributed by atoms with Crippen LogP contribution < -0.4 is 5.32 Å². The van der Waals surface area contributed by atoms with Crippen LogP contribution in [0.3, 0.4) is 0 Å². The van der Waals surface area contributed by atoms with E-state index in [1.165, 1.54) is 0 Å². The van der Waals surface area contributed by atoms with Crippen molar-refractivity contribution in [3.8, 4) is 6.07 Å². The van der Waals surface area contributed by atoms with E-state index in [0.717, 1.165) is 19.3 Å². The molecule has 0 spiro atoms. The van der Waals surface area contributed by atoms with Crippen molar-refractivity contribution in [3.05, 3.63) is 0 Å². The van der Waals surface area contributed by atoms with Gasteiger partial charge in [0, 0.05) is 32.7 Å². The first kappa shape index (κ1) is 13.4. The van der Waals surface area contributed by atoms with Gasteiger partial charge in [-0.25, -0.2) is 0 Å². The second kappa shape index (κ2) is 6.19. The lowest BCUT2D eigenvalue weighted by Gasteiger charge is -2.26. The number of nitriles is 1. The third-order valence-corrected chi connectivity index (χ3v) is 3.27. The van der Waals surface area contributed by atoms with Crippen molar-refractivity contribution >= 4 is 0 Å². The SMILES string of the molecule is COCCC(C)(O)CNC1CCCC1C#N. The summed E-state index contributed by atoms with van der Waals surface area (Å²) in [4.78, 5) is 0. The number of nitrogens with one attached hydrogen (secondary N) is 1. The molecule has 3 unspecified atom stereocenters. The standard InChI is InChI=1S/C12H22N2O2/c1-12(15,6-7-16-2)9-14-11-5-3-4-10(11)8-13/h10-11,14-15H,3-7,9H2,1-2H3. The Kier molecular flexibility index (Phi) is 5.20. The van der Waals surface area contributed by atoms with E-state index < -0.39 is 5.60 Å². The second-order valence-electron chi connectivity index (χ2n) is 4.89. The molecule has 0 bridgehead atoms. The maximum absolute atomic E-state index is 10.0. The number of nitrogens with zero attached hydrogens (tertiary/aromatic N) is 1. The van der Waals surface area contributed by atoms with Crippen molar-refractivity contribution in [1.82, 2.24) is 5.32 Å². The van der Waals surface area contributed by atoms with Crippen molar-refractivity contribution < 1.29 is 9.84 Å². The van der Waals surface area contributed by atoms with Crippen LogP contribution in [0, 0.1) is 17.2 Å². The largest absolute Gasteiger partial charge is 0.389 e. The van der Waals surface area contributed by atoms with E-state index in [1.807, 2.05) is 0 Å². The van der Waals surface area contributed by atoms with Gasteiger partial charge in [0.05, 0.1) is 17.6 Å². The fraction of sp³-hybridized carbons (Fsp3) is 0.917. The van der Waals surface area contributed by atoms with Gasteiger partial charge in [-0.3, -0.25) is 0 Å². The van der Waals surface area contributed by atoms with Gasteiger partial charge in [-0.05, 0) is 19.8 Å². The number of methoxy groups -OCH3 is 1. The van der Waals surface area contributed by atoms with Crippen molar-refractivity contribution in [2.24, 2.45) is 5.92 Å². The van der Waals surface area contributed by atoms with E-state index in [1.54, 1.807) is 14.0 Å². The second-order valence-corrected chi connectivity index (χ2v) is 4.89. The predicted molar refractivity (Wildman–Crippen MR) is 61.9 cm³/mol. The van der Waals surface area contributed by atoms with Crippen LogP contribution >= 0.6 is 0 Å². The van der Waals surface area contributed by atoms with E-state index >= 15 is 0 Å². The number of rotatable bonds is 6. The quantitative estimate of drug-likeness (QED) is 0.710. The minimum atomic E-state index is -0.751. The fourth-order valence-electron chi connectivity index (χ4n) is 2.12. The van der Waals surface area contributed by atoms with Crippen LogP contribution in [0.25, 0.3) is 0 Å². The summed E-state index contributed by atoms with van der Waals surface area (Å²) in [6, 6.07) is 2.57. The van der Waals surface area contributed by atoms with Crippen molar-refractivity contribution in [2.45, 2.75) is 44.2 Å². The van der Waals surface area contributed by atoms with Crippen LogP contribution in [0.2, 0.25) is 0 Å². The van der Waals surface area contributed by atoms with Crippen LogP contribution in [0.4, 0.5) is 0 Å². The average Bonchev–Trinajstić information content (AvgIpc) is 2.71. The van der Waals surface area contributed by atoms with Gasteiger partial charge < -0.3 is 15.2 Å². The minimum absolute atomic E-state index is 0.109. The number of aliphatic hydroxyl groups is 1. The summed E-state index contributed by atoms with van der Waals surface area (Å²) < 4.78 is 4.95. The molecule has 1 aliphatic carbocycles. The Balaban J connectivity index is 2.30. The summed E-state index contributed by atoms with van der Waals surface area (Å²) in [6.07, 6.45) is 3.74. The molecule has 0 saturated heterocycles. The molecule has 0 heterocycles. The Labute approximate surface area is 97.6 Å². The molecule has 0 aromatic carbocycles. The predicted octanol–water partition coefficient (Wildman–Crippen LogP) is 1.06. The maximum atomic E-state index is 10.0. The smallest absolute Gasteiger partial charge is 0.0765 e. The summed E-state index contributed by atoms with van der Waals surface area (Å²) in [5, 5.41) is 22.3. The molecule has 2 N–H and O–H groups in total. The van der Waals surface area contributed by atoms with E-state index in [0.29, 0.717) is 19.6 Å². The summed E-state index contributed by atoms with van der Waals surface area (Å²) >= 11 is 0. The van der Waals surface area contributed by atoms with Gasteiger partial charge in [0.15, 0.2) is 0 Å². The highest BCUT2D eigenvalue weighted by Crippen LogP contribution is 2.25. The normalized spacial score (nSPS) is 28.6. The van der Waals surface area contributed by atoms with Gasteiger partial charge in [0.25, 0.3) is 0 Å². The lowest BCUT2D eigenvalue weighted by atomic mass is 10.0. The van der Waals surface area contributed by atoms with Crippen LogP contribution in [0.1, 0.15) is 32.6 Å². The Hall–Kier alpha value is -0.630. The number of hydrogen-bond acceptors (Lipinski definition) is 4. The molecule has 92 valence electrons. The van der Waals surface area contributed by atoms with E-state index in [2.05, 4.69) is 11.4 Å². The molecule has 3 atom stereocenters. The van der Waals surface area contributed by atoms with E-state index in [-0.39, 0.29) is 12.0 Å². The first-order valence-corrected chi connectivity index (χ1v) is 5.93. The first-order valence-electron chi connectivity index (χ1n) is 5.93. The third kappa shape index (κ3) is 4.09. The zero-order valence-corrected chi connectivity index (χ0v) is 10.2. The lowest BCUT2D eigenvalue weighted by Crippen LogP contribution is -2.44. The number of hydrogen-bond donors (Lipinski definition) is 2. The summed E-state index contributed by atoms with van der Waals surface area (Å²) in [5.41, 5.74) is -0.751. The molecule has 4 heteroatoms. The highest BCUT2D eigenvalue weighted by Gasteiger charge is 2.29. The third-order valence-electron chi connectivity index (χ3n) is 3.27. The molecule has 0 aliphatic heterocycles. The monoisotopic (exact) mass is 226 g/mol. The fourth-order valence-corrected chi connectivity index (χ4v) is 2.12. The average molecular weight is 226 g/mol. The Bertz CT molecular complexity index is 248. The lowest BCUT2D eigenvalue weighted by molar-refractivity contribution is 0.0223. The van der Waals surface area contributed by atoms with Crippen molar-refractivity contribution in [1.29, 1.82) is 5.26 Å². The van der Waals surface area contributed by atoms with Gasteiger partial charge in [-0.2, -0.15) is 5.26 Å². The molecule has 0 amide bonds. The van der Waals surface area contributed by atoms with E-state index in [4.69, 9.17) is 10.00 Å². The highest BCUT2D eigenvalue weighted by atomic mass is 16.5. The molecule has 0 aromatic heterocycles. The molecule has 16 heavy (non-hydrogen) atoms. The molecule has 1 saturated carbocycles. The van der Waals surface area contributed by atoms with Gasteiger partial charge in [0.2, 0.25) is 0 Å². The van der Waals surface area contributed by atoms with Crippen LogP contribution in [0.5, 0.6) is 0 Å². The Morgan fingerprint density at radius 2 is 2.31 bits per heavy atom. The minimum Gasteiger partial charge on any atom is -0.389 e. The molecular weight excluding hydrogens is 204 g/mol. The molecule has 1 aliphatic rings. The van der Waals surface area contributed by atoms with Crippen LogP contribution in [-0.4, -0.2) is 37.0 Å².